The molecular weight excluding hydrogens is 236 g/mol. The van der Waals surface area contributed by atoms with Crippen LogP contribution in [-0.2, 0) is 10.2 Å². The molecule has 2 heteroatoms. The summed E-state index contributed by atoms with van der Waals surface area (Å²) < 4.78 is 5.60. The zero-order chi connectivity index (χ0) is 14.0. The molecule has 100 valence electrons. The van der Waals surface area contributed by atoms with E-state index in [1.54, 1.807) is 0 Å². The van der Waals surface area contributed by atoms with Crippen molar-refractivity contribution in [1.82, 2.24) is 0 Å². The van der Waals surface area contributed by atoms with E-state index in [1.165, 1.54) is 17.9 Å². The first-order chi connectivity index (χ1) is 8.89. The van der Waals surface area contributed by atoms with Crippen LogP contribution in [0, 0.1) is 0 Å². The predicted octanol–water partition coefficient (Wildman–Crippen LogP) is 4.11. The monoisotopic (exact) mass is 256 g/mol. The molecular formula is C17H20O2. The van der Waals surface area contributed by atoms with E-state index in [4.69, 9.17) is 4.74 Å². The molecule has 0 spiro atoms. The van der Waals surface area contributed by atoms with Crippen LogP contribution in [-0.4, -0.2) is 12.4 Å². The molecule has 0 N–H and O–H groups in total. The fraction of sp³-hybridized carbons (Fsp3) is 0.353. The first-order valence-corrected chi connectivity index (χ1v) is 6.54. The molecule has 2 rings (SSSR count). The molecule has 0 heterocycles. The molecule has 2 nitrogen and oxygen atoms in total. The van der Waals surface area contributed by atoms with E-state index >= 15 is 0 Å². The van der Waals surface area contributed by atoms with Crippen LogP contribution in [0.4, 0.5) is 0 Å². The SMILES string of the molecule is CC(=O)COc1cccc2c(C(C)(C)C)cccc12. The lowest BCUT2D eigenvalue weighted by Gasteiger charge is -2.22. The summed E-state index contributed by atoms with van der Waals surface area (Å²) in [7, 11) is 0. The molecule has 0 aromatic heterocycles. The van der Waals surface area contributed by atoms with Crippen molar-refractivity contribution in [2.75, 3.05) is 6.61 Å². The first-order valence-electron chi connectivity index (χ1n) is 6.54. The lowest BCUT2D eigenvalue weighted by molar-refractivity contribution is -0.118. The quantitative estimate of drug-likeness (QED) is 0.826. The van der Waals surface area contributed by atoms with Crippen molar-refractivity contribution in [1.29, 1.82) is 0 Å². The molecule has 0 aliphatic carbocycles. The Morgan fingerprint density at radius 1 is 1.05 bits per heavy atom. The third-order valence-electron chi connectivity index (χ3n) is 3.12. The highest BCUT2D eigenvalue weighted by atomic mass is 16.5. The number of hydrogen-bond donors (Lipinski definition) is 0. The van der Waals surface area contributed by atoms with Gasteiger partial charge in [-0.05, 0) is 29.4 Å². The standard InChI is InChI=1S/C17H20O2/c1-12(18)11-19-16-10-6-7-13-14(16)8-5-9-15(13)17(2,3)4/h5-10H,11H2,1-4H3. The molecule has 0 unspecified atom stereocenters. The van der Waals surface area contributed by atoms with Crippen LogP contribution < -0.4 is 4.74 Å². The maximum atomic E-state index is 11.1. The number of Topliss-reactive ketones (excluding diaryl/α,β-unsaturated/α-hetero) is 1. The maximum absolute atomic E-state index is 11.1. The molecule has 0 saturated heterocycles. The second-order valence-electron chi connectivity index (χ2n) is 5.90. The normalized spacial score (nSPS) is 11.6. The lowest BCUT2D eigenvalue weighted by Crippen LogP contribution is -2.12. The van der Waals surface area contributed by atoms with Crippen molar-refractivity contribution >= 4 is 16.6 Å². The number of hydrogen-bond acceptors (Lipinski definition) is 2. The zero-order valence-electron chi connectivity index (χ0n) is 12.0. The number of fused-ring (bicyclic) bond motifs is 1. The topological polar surface area (TPSA) is 26.3 Å². The van der Waals surface area contributed by atoms with E-state index < -0.39 is 0 Å². The summed E-state index contributed by atoms with van der Waals surface area (Å²) >= 11 is 0. The van der Waals surface area contributed by atoms with Crippen LogP contribution in [0.25, 0.3) is 10.8 Å². The Morgan fingerprint density at radius 3 is 2.32 bits per heavy atom. The highest BCUT2D eigenvalue weighted by molar-refractivity contribution is 5.92. The third-order valence-corrected chi connectivity index (χ3v) is 3.12. The molecule has 0 radical (unpaired) electrons. The summed E-state index contributed by atoms with van der Waals surface area (Å²) in [5, 5.41) is 2.26. The Balaban J connectivity index is 2.54. The van der Waals surface area contributed by atoms with Crippen LogP contribution >= 0.6 is 0 Å². The van der Waals surface area contributed by atoms with Gasteiger partial charge in [0, 0.05) is 5.39 Å². The average molecular weight is 256 g/mol. The minimum Gasteiger partial charge on any atom is -0.485 e. The lowest BCUT2D eigenvalue weighted by atomic mass is 9.83. The molecule has 0 fully saturated rings. The Morgan fingerprint density at radius 2 is 1.68 bits per heavy atom. The van der Waals surface area contributed by atoms with Crippen molar-refractivity contribution in [2.45, 2.75) is 33.1 Å². The fourth-order valence-electron chi connectivity index (χ4n) is 2.24. The average Bonchev–Trinajstić information content (AvgIpc) is 2.34. The number of carbonyl (C=O) groups is 1. The summed E-state index contributed by atoms with van der Waals surface area (Å²) in [6.07, 6.45) is 0. The van der Waals surface area contributed by atoms with Crippen molar-refractivity contribution in [3.8, 4) is 5.75 Å². The third kappa shape index (κ3) is 2.95. The molecule has 0 aliphatic rings. The summed E-state index contributed by atoms with van der Waals surface area (Å²) in [6, 6.07) is 12.2. The Kier molecular flexibility index (Phi) is 3.61. The molecule has 2 aromatic rings. The van der Waals surface area contributed by atoms with Gasteiger partial charge in [0.1, 0.15) is 12.4 Å². The highest BCUT2D eigenvalue weighted by Gasteiger charge is 2.17. The molecule has 0 saturated carbocycles. The Hall–Kier alpha value is -1.83. The number of benzene rings is 2. The minimum absolute atomic E-state index is 0.0315. The summed E-state index contributed by atoms with van der Waals surface area (Å²) in [4.78, 5) is 11.1. The zero-order valence-corrected chi connectivity index (χ0v) is 12.0. The smallest absolute Gasteiger partial charge is 0.167 e. The van der Waals surface area contributed by atoms with Crippen molar-refractivity contribution in [2.24, 2.45) is 0 Å². The van der Waals surface area contributed by atoms with Crippen LogP contribution in [0.5, 0.6) is 5.75 Å². The molecule has 0 atom stereocenters. The van der Waals surface area contributed by atoms with Crippen LogP contribution in [0.15, 0.2) is 36.4 Å². The first kappa shape index (κ1) is 13.6. The second kappa shape index (κ2) is 5.04. The van der Waals surface area contributed by atoms with Gasteiger partial charge in [-0.2, -0.15) is 0 Å². The van der Waals surface area contributed by atoms with Gasteiger partial charge < -0.3 is 4.74 Å². The number of carbonyl (C=O) groups excluding carboxylic acids is 1. The van der Waals surface area contributed by atoms with Crippen molar-refractivity contribution in [3.63, 3.8) is 0 Å². The van der Waals surface area contributed by atoms with E-state index in [9.17, 15) is 4.79 Å². The fourth-order valence-corrected chi connectivity index (χ4v) is 2.24. The van der Waals surface area contributed by atoms with Gasteiger partial charge in [0.05, 0.1) is 0 Å². The van der Waals surface area contributed by atoms with E-state index in [2.05, 4.69) is 32.9 Å². The van der Waals surface area contributed by atoms with E-state index in [-0.39, 0.29) is 17.8 Å². The van der Waals surface area contributed by atoms with E-state index in [0.717, 1.165) is 11.1 Å². The second-order valence-corrected chi connectivity index (χ2v) is 5.90. The van der Waals surface area contributed by atoms with Gasteiger partial charge in [0.2, 0.25) is 0 Å². The summed E-state index contributed by atoms with van der Waals surface area (Å²) in [5.74, 6) is 0.808. The van der Waals surface area contributed by atoms with Gasteiger partial charge in [-0.15, -0.1) is 0 Å². The van der Waals surface area contributed by atoms with Gasteiger partial charge in [-0.25, -0.2) is 0 Å². The molecule has 0 aliphatic heterocycles. The maximum Gasteiger partial charge on any atom is 0.167 e. The number of ether oxygens (including phenoxy) is 1. The van der Waals surface area contributed by atoms with E-state index in [0.29, 0.717) is 0 Å². The molecule has 0 bridgehead atoms. The van der Waals surface area contributed by atoms with Gasteiger partial charge in [0.15, 0.2) is 5.78 Å². The van der Waals surface area contributed by atoms with Gasteiger partial charge >= 0.3 is 0 Å². The number of rotatable bonds is 3. The van der Waals surface area contributed by atoms with Gasteiger partial charge in [0.25, 0.3) is 0 Å². The van der Waals surface area contributed by atoms with Crippen LogP contribution in [0.3, 0.4) is 0 Å². The number of ketones is 1. The summed E-state index contributed by atoms with van der Waals surface area (Å²) in [6.45, 7) is 8.26. The minimum atomic E-state index is 0.0315. The van der Waals surface area contributed by atoms with Crippen molar-refractivity contribution in [3.05, 3.63) is 42.0 Å². The van der Waals surface area contributed by atoms with E-state index in [1.807, 2.05) is 24.3 Å². The molecule has 2 aromatic carbocycles. The molecule has 19 heavy (non-hydrogen) atoms. The molecule has 0 amide bonds. The van der Waals surface area contributed by atoms with Crippen molar-refractivity contribution < 1.29 is 9.53 Å². The largest absolute Gasteiger partial charge is 0.485 e. The van der Waals surface area contributed by atoms with Crippen LogP contribution in [0.2, 0.25) is 0 Å². The van der Waals surface area contributed by atoms with Gasteiger partial charge in [-0.3, -0.25) is 4.79 Å². The van der Waals surface area contributed by atoms with Crippen LogP contribution in [0.1, 0.15) is 33.3 Å². The highest BCUT2D eigenvalue weighted by Crippen LogP contribution is 2.34. The Bertz CT molecular complexity index is 606. The Labute approximate surface area is 114 Å². The van der Waals surface area contributed by atoms with Gasteiger partial charge in [-0.1, -0.05) is 51.1 Å². The predicted molar refractivity (Wildman–Crippen MR) is 78.8 cm³/mol. The summed E-state index contributed by atoms with van der Waals surface area (Å²) in [5.41, 5.74) is 1.37.